The molecule has 0 atom stereocenters. The van der Waals surface area contributed by atoms with Crippen LogP contribution in [-0.2, 0) is 12.8 Å². The van der Waals surface area contributed by atoms with Crippen LogP contribution in [0.15, 0.2) is 41.5 Å². The van der Waals surface area contributed by atoms with Gasteiger partial charge < -0.3 is 9.47 Å². The van der Waals surface area contributed by atoms with Crippen molar-refractivity contribution in [3.05, 3.63) is 58.7 Å². The number of nitrogens with zero attached hydrogens (tertiary/aromatic N) is 1. The van der Waals surface area contributed by atoms with Gasteiger partial charge >= 0.3 is 0 Å². The Labute approximate surface area is 147 Å². The maximum Gasteiger partial charge on any atom is 0.271 e. The summed E-state index contributed by atoms with van der Waals surface area (Å²) >= 11 is 0. The molecule has 0 heterocycles. The van der Waals surface area contributed by atoms with Crippen molar-refractivity contribution in [1.29, 1.82) is 0 Å². The summed E-state index contributed by atoms with van der Waals surface area (Å²) in [6.07, 6.45) is 3.48. The fourth-order valence-corrected chi connectivity index (χ4v) is 3.00. The first kappa shape index (κ1) is 17.0. The number of nitrogens with one attached hydrogen (secondary N) is 1. The van der Waals surface area contributed by atoms with Gasteiger partial charge in [0.05, 0.1) is 19.9 Å². The molecule has 1 amide bonds. The molecule has 0 unspecified atom stereocenters. The van der Waals surface area contributed by atoms with Crippen LogP contribution in [0.2, 0.25) is 0 Å². The molecule has 0 aromatic heterocycles. The number of carbonyl (C=O) groups is 1. The summed E-state index contributed by atoms with van der Waals surface area (Å²) in [5, 5.41) is 4.24. The van der Waals surface area contributed by atoms with Crippen molar-refractivity contribution < 1.29 is 14.3 Å². The quantitative estimate of drug-likeness (QED) is 0.672. The second kappa shape index (κ2) is 7.38. The van der Waals surface area contributed by atoms with Gasteiger partial charge in [0.1, 0.15) is 11.5 Å². The highest BCUT2D eigenvalue weighted by Crippen LogP contribution is 2.24. The van der Waals surface area contributed by atoms with Gasteiger partial charge in [-0.05, 0) is 61.1 Å². The van der Waals surface area contributed by atoms with E-state index in [2.05, 4.69) is 28.7 Å². The Hall–Kier alpha value is -2.82. The number of carbonyl (C=O) groups excluding carboxylic acids is 1. The zero-order chi connectivity index (χ0) is 17.8. The average Bonchev–Trinajstić information content (AvgIpc) is 3.12. The molecule has 0 radical (unpaired) electrons. The zero-order valence-corrected chi connectivity index (χ0v) is 14.8. The molecule has 1 N–H and O–H groups in total. The summed E-state index contributed by atoms with van der Waals surface area (Å²) in [7, 11) is 3.10. The number of hydrogen-bond acceptors (Lipinski definition) is 4. The van der Waals surface area contributed by atoms with Gasteiger partial charge in [0.15, 0.2) is 0 Å². The van der Waals surface area contributed by atoms with E-state index in [1.165, 1.54) is 17.5 Å². The van der Waals surface area contributed by atoms with Gasteiger partial charge in [-0.1, -0.05) is 12.1 Å². The van der Waals surface area contributed by atoms with Gasteiger partial charge in [-0.3, -0.25) is 4.79 Å². The molecule has 0 spiro atoms. The molecule has 2 aromatic rings. The highest BCUT2D eigenvalue weighted by Gasteiger charge is 2.12. The summed E-state index contributed by atoms with van der Waals surface area (Å²) in [5.41, 5.74) is 7.65. The Morgan fingerprint density at radius 1 is 0.960 bits per heavy atom. The van der Waals surface area contributed by atoms with Crippen molar-refractivity contribution >= 4 is 11.6 Å². The first-order chi connectivity index (χ1) is 12.1. The lowest BCUT2D eigenvalue weighted by Crippen LogP contribution is -2.19. The molecule has 0 saturated heterocycles. The fourth-order valence-electron chi connectivity index (χ4n) is 3.00. The first-order valence-corrected chi connectivity index (χ1v) is 8.30. The summed E-state index contributed by atoms with van der Waals surface area (Å²) in [6.45, 7) is 1.89. The third kappa shape index (κ3) is 3.82. The molecule has 0 saturated carbocycles. The first-order valence-electron chi connectivity index (χ1n) is 8.30. The predicted molar refractivity (Wildman–Crippen MR) is 97.7 cm³/mol. The van der Waals surface area contributed by atoms with Gasteiger partial charge in [-0.15, -0.1) is 0 Å². The summed E-state index contributed by atoms with van der Waals surface area (Å²) in [4.78, 5) is 12.4. The number of aryl methyl sites for hydroxylation is 2. The largest absolute Gasteiger partial charge is 0.497 e. The maximum absolute atomic E-state index is 12.4. The highest BCUT2D eigenvalue weighted by atomic mass is 16.5. The van der Waals surface area contributed by atoms with E-state index in [4.69, 9.17) is 9.47 Å². The smallest absolute Gasteiger partial charge is 0.271 e. The number of hydrogen-bond donors (Lipinski definition) is 1. The van der Waals surface area contributed by atoms with Crippen LogP contribution in [-0.4, -0.2) is 25.8 Å². The van der Waals surface area contributed by atoms with E-state index >= 15 is 0 Å². The molecule has 3 rings (SSSR count). The van der Waals surface area contributed by atoms with E-state index in [0.29, 0.717) is 17.1 Å². The van der Waals surface area contributed by atoms with E-state index in [1.54, 1.807) is 32.4 Å². The Bertz CT molecular complexity index is 805. The monoisotopic (exact) mass is 338 g/mol. The molecule has 0 bridgehead atoms. The Kier molecular flexibility index (Phi) is 5.03. The molecule has 0 aliphatic heterocycles. The number of hydrazone groups is 1. The predicted octanol–water partition coefficient (Wildman–Crippen LogP) is 3.35. The second-order valence-corrected chi connectivity index (χ2v) is 6.08. The third-order valence-electron chi connectivity index (χ3n) is 4.46. The standard InChI is InChI=1S/C20H22N2O3/c1-13(15-8-7-14-5-4-6-16(14)9-15)21-22-20(23)17-10-18(24-2)12-19(11-17)25-3/h7-12H,4-6H2,1-3H3,(H,22,23)/b21-13-. The minimum absolute atomic E-state index is 0.308. The van der Waals surface area contributed by atoms with Crippen molar-refractivity contribution in [2.45, 2.75) is 26.2 Å². The van der Waals surface area contributed by atoms with Gasteiger partial charge in [0.25, 0.3) is 5.91 Å². The number of fused-ring (bicyclic) bond motifs is 1. The topological polar surface area (TPSA) is 59.9 Å². The normalized spacial score (nSPS) is 13.3. The van der Waals surface area contributed by atoms with Gasteiger partial charge in [-0.2, -0.15) is 5.10 Å². The summed E-state index contributed by atoms with van der Waals surface area (Å²) < 4.78 is 10.4. The minimum atomic E-state index is -0.308. The number of methoxy groups -OCH3 is 2. The molecule has 5 nitrogen and oxygen atoms in total. The molecule has 1 aliphatic carbocycles. The summed E-state index contributed by atoms with van der Waals surface area (Å²) in [5.74, 6) is 0.811. The number of rotatable bonds is 5. The second-order valence-electron chi connectivity index (χ2n) is 6.08. The van der Waals surface area contributed by atoms with Crippen LogP contribution in [0.4, 0.5) is 0 Å². The molecule has 5 heteroatoms. The van der Waals surface area contributed by atoms with Crippen LogP contribution in [0, 0.1) is 0 Å². The Morgan fingerprint density at radius 3 is 2.32 bits per heavy atom. The van der Waals surface area contributed by atoms with Crippen LogP contribution in [0.3, 0.4) is 0 Å². The van der Waals surface area contributed by atoms with Gasteiger partial charge in [0.2, 0.25) is 0 Å². The van der Waals surface area contributed by atoms with E-state index < -0.39 is 0 Å². The maximum atomic E-state index is 12.4. The number of benzene rings is 2. The lowest BCUT2D eigenvalue weighted by Gasteiger charge is -2.08. The van der Waals surface area contributed by atoms with Crippen LogP contribution in [0.1, 0.15) is 40.4 Å². The molecule has 2 aromatic carbocycles. The Balaban J connectivity index is 1.75. The van der Waals surface area contributed by atoms with E-state index in [1.807, 2.05) is 6.92 Å². The van der Waals surface area contributed by atoms with Crippen LogP contribution < -0.4 is 14.9 Å². The molecule has 1 aliphatic rings. The lowest BCUT2D eigenvalue weighted by atomic mass is 10.0. The third-order valence-corrected chi connectivity index (χ3v) is 4.46. The molecule has 25 heavy (non-hydrogen) atoms. The van der Waals surface area contributed by atoms with Crippen molar-refractivity contribution in [2.24, 2.45) is 5.10 Å². The van der Waals surface area contributed by atoms with E-state index in [9.17, 15) is 4.79 Å². The average molecular weight is 338 g/mol. The molecular formula is C20H22N2O3. The highest BCUT2D eigenvalue weighted by molar-refractivity contribution is 6.01. The molecule has 0 fully saturated rings. The van der Waals surface area contributed by atoms with E-state index in [0.717, 1.165) is 24.1 Å². The van der Waals surface area contributed by atoms with Crippen molar-refractivity contribution in [3.8, 4) is 11.5 Å². The van der Waals surface area contributed by atoms with Crippen LogP contribution in [0.5, 0.6) is 11.5 Å². The van der Waals surface area contributed by atoms with E-state index in [-0.39, 0.29) is 5.91 Å². The van der Waals surface area contributed by atoms with Crippen LogP contribution in [0.25, 0.3) is 0 Å². The molecular weight excluding hydrogens is 316 g/mol. The summed E-state index contributed by atoms with van der Waals surface area (Å²) in [6, 6.07) is 11.4. The minimum Gasteiger partial charge on any atom is -0.497 e. The Morgan fingerprint density at radius 2 is 1.64 bits per heavy atom. The van der Waals surface area contributed by atoms with Gasteiger partial charge in [0, 0.05) is 11.6 Å². The fraction of sp³-hybridized carbons (Fsp3) is 0.300. The van der Waals surface area contributed by atoms with Crippen molar-refractivity contribution in [2.75, 3.05) is 14.2 Å². The van der Waals surface area contributed by atoms with Crippen molar-refractivity contribution in [1.82, 2.24) is 5.43 Å². The van der Waals surface area contributed by atoms with Crippen LogP contribution >= 0.6 is 0 Å². The number of ether oxygens (including phenoxy) is 2. The zero-order valence-electron chi connectivity index (χ0n) is 14.8. The lowest BCUT2D eigenvalue weighted by molar-refractivity contribution is 0.0954. The van der Waals surface area contributed by atoms with Gasteiger partial charge in [-0.25, -0.2) is 5.43 Å². The SMILES string of the molecule is COc1cc(OC)cc(C(=O)N/N=C(/C)c2ccc3c(c2)CCC3)c1. The molecule has 130 valence electrons. The van der Waals surface area contributed by atoms with Crippen molar-refractivity contribution in [3.63, 3.8) is 0 Å². The number of amides is 1.